The monoisotopic (exact) mass is 543 g/mol. The Hall–Kier alpha value is -4.63. The SMILES string of the molecule is CCOc1ccccc1N(CC(=O)N/N=C\c1ccccc1OCc1ccccc1)S(=O)(=O)c1ccccc1. The number of amides is 1. The van der Waals surface area contributed by atoms with Crippen LogP contribution in [0.4, 0.5) is 5.69 Å². The van der Waals surface area contributed by atoms with Crippen molar-refractivity contribution in [3.8, 4) is 11.5 Å². The number of ether oxygens (including phenoxy) is 2. The van der Waals surface area contributed by atoms with E-state index < -0.39 is 22.5 Å². The minimum atomic E-state index is -4.09. The smallest absolute Gasteiger partial charge is 0.264 e. The van der Waals surface area contributed by atoms with E-state index in [1.165, 1.54) is 18.3 Å². The molecule has 200 valence electrons. The van der Waals surface area contributed by atoms with E-state index in [2.05, 4.69) is 10.5 Å². The van der Waals surface area contributed by atoms with Gasteiger partial charge in [0, 0.05) is 5.56 Å². The van der Waals surface area contributed by atoms with Gasteiger partial charge in [0.1, 0.15) is 24.7 Å². The first-order chi connectivity index (χ1) is 19.0. The van der Waals surface area contributed by atoms with E-state index in [9.17, 15) is 13.2 Å². The summed E-state index contributed by atoms with van der Waals surface area (Å²) in [5, 5.41) is 4.06. The average molecular weight is 544 g/mol. The number of rotatable bonds is 12. The van der Waals surface area contributed by atoms with Crippen LogP contribution >= 0.6 is 0 Å². The molecule has 9 heteroatoms. The Morgan fingerprint density at radius 1 is 0.821 bits per heavy atom. The molecule has 0 saturated heterocycles. The lowest BCUT2D eigenvalue weighted by molar-refractivity contribution is -0.119. The number of benzene rings is 4. The molecule has 0 radical (unpaired) electrons. The number of hydrogen-bond donors (Lipinski definition) is 1. The summed E-state index contributed by atoms with van der Waals surface area (Å²) in [6, 6.07) is 31.7. The molecule has 1 N–H and O–H groups in total. The summed E-state index contributed by atoms with van der Waals surface area (Å²) < 4.78 is 39.8. The Morgan fingerprint density at radius 2 is 1.44 bits per heavy atom. The molecule has 0 heterocycles. The van der Waals surface area contributed by atoms with E-state index >= 15 is 0 Å². The second-order valence-corrected chi connectivity index (χ2v) is 10.2. The highest BCUT2D eigenvalue weighted by molar-refractivity contribution is 7.92. The molecule has 0 unspecified atom stereocenters. The topological polar surface area (TPSA) is 97.3 Å². The van der Waals surface area contributed by atoms with Gasteiger partial charge >= 0.3 is 0 Å². The molecule has 4 aromatic carbocycles. The quantitative estimate of drug-likeness (QED) is 0.200. The maximum absolute atomic E-state index is 13.6. The lowest BCUT2D eigenvalue weighted by Crippen LogP contribution is -2.39. The molecule has 8 nitrogen and oxygen atoms in total. The van der Waals surface area contributed by atoms with Crippen LogP contribution in [-0.4, -0.2) is 33.7 Å². The molecule has 1 amide bonds. The second kappa shape index (κ2) is 13.3. The van der Waals surface area contributed by atoms with Gasteiger partial charge in [-0.05, 0) is 48.9 Å². The molecule has 4 rings (SSSR count). The van der Waals surface area contributed by atoms with Crippen molar-refractivity contribution >= 4 is 27.8 Å². The molecule has 0 spiro atoms. The van der Waals surface area contributed by atoms with E-state index in [-0.39, 0.29) is 10.6 Å². The van der Waals surface area contributed by atoms with Crippen molar-refractivity contribution in [3.05, 3.63) is 120 Å². The molecule has 39 heavy (non-hydrogen) atoms. The highest BCUT2D eigenvalue weighted by Gasteiger charge is 2.29. The predicted molar refractivity (Wildman–Crippen MR) is 152 cm³/mol. The molecule has 4 aromatic rings. The van der Waals surface area contributed by atoms with Crippen LogP contribution < -0.4 is 19.2 Å². The summed E-state index contributed by atoms with van der Waals surface area (Å²) in [4.78, 5) is 13.0. The van der Waals surface area contributed by atoms with E-state index in [1.807, 2.05) is 48.5 Å². The fourth-order valence-electron chi connectivity index (χ4n) is 3.75. The molecule has 0 atom stereocenters. The highest BCUT2D eigenvalue weighted by Crippen LogP contribution is 2.32. The first kappa shape index (κ1) is 27.4. The summed E-state index contributed by atoms with van der Waals surface area (Å²) in [7, 11) is -4.09. The van der Waals surface area contributed by atoms with Crippen molar-refractivity contribution in [2.75, 3.05) is 17.5 Å². The van der Waals surface area contributed by atoms with Gasteiger partial charge in [-0.15, -0.1) is 0 Å². The number of para-hydroxylation sites is 3. The Morgan fingerprint density at radius 3 is 2.15 bits per heavy atom. The summed E-state index contributed by atoms with van der Waals surface area (Å²) in [5.41, 5.74) is 4.36. The lowest BCUT2D eigenvalue weighted by atomic mass is 10.2. The Balaban J connectivity index is 1.52. The molecule has 0 aromatic heterocycles. The summed E-state index contributed by atoms with van der Waals surface area (Å²) in [6.45, 7) is 2.00. The minimum absolute atomic E-state index is 0.0529. The molecule has 0 aliphatic rings. The van der Waals surface area contributed by atoms with Crippen LogP contribution in [-0.2, 0) is 21.4 Å². The Bertz CT molecular complexity index is 1510. The molecular formula is C30H29N3O5S. The lowest BCUT2D eigenvalue weighted by Gasteiger charge is -2.25. The zero-order chi connectivity index (χ0) is 27.5. The van der Waals surface area contributed by atoms with Crippen molar-refractivity contribution in [1.82, 2.24) is 5.43 Å². The largest absolute Gasteiger partial charge is 0.492 e. The van der Waals surface area contributed by atoms with Crippen molar-refractivity contribution < 1.29 is 22.7 Å². The molecule has 0 aliphatic heterocycles. The second-order valence-electron chi connectivity index (χ2n) is 8.33. The van der Waals surface area contributed by atoms with Crippen LogP contribution in [0.5, 0.6) is 11.5 Å². The van der Waals surface area contributed by atoms with Crippen LogP contribution in [0.25, 0.3) is 0 Å². The van der Waals surface area contributed by atoms with Crippen molar-refractivity contribution in [3.63, 3.8) is 0 Å². The predicted octanol–water partition coefficient (Wildman–Crippen LogP) is 5.01. The van der Waals surface area contributed by atoms with Crippen molar-refractivity contribution in [2.45, 2.75) is 18.4 Å². The van der Waals surface area contributed by atoms with Gasteiger partial charge in [-0.2, -0.15) is 5.10 Å². The number of hydrazone groups is 1. The highest BCUT2D eigenvalue weighted by atomic mass is 32.2. The number of anilines is 1. The number of nitrogens with zero attached hydrogens (tertiary/aromatic N) is 2. The third-order valence-corrected chi connectivity index (χ3v) is 7.38. The third kappa shape index (κ3) is 7.24. The molecule has 0 fully saturated rings. The number of nitrogens with one attached hydrogen (secondary N) is 1. The van der Waals surface area contributed by atoms with Crippen LogP contribution in [0.1, 0.15) is 18.1 Å². The Labute approximate surface area is 228 Å². The first-order valence-electron chi connectivity index (χ1n) is 12.4. The van der Waals surface area contributed by atoms with Crippen LogP contribution in [0.3, 0.4) is 0 Å². The fourth-order valence-corrected chi connectivity index (χ4v) is 5.21. The van der Waals surface area contributed by atoms with E-state index in [1.54, 1.807) is 55.5 Å². The zero-order valence-corrected chi connectivity index (χ0v) is 22.3. The zero-order valence-electron chi connectivity index (χ0n) is 21.4. The summed E-state index contributed by atoms with van der Waals surface area (Å²) >= 11 is 0. The van der Waals surface area contributed by atoms with Gasteiger partial charge in [-0.25, -0.2) is 13.8 Å². The van der Waals surface area contributed by atoms with Gasteiger partial charge in [0.05, 0.1) is 23.4 Å². The van der Waals surface area contributed by atoms with Gasteiger partial charge in [0.15, 0.2) is 0 Å². The van der Waals surface area contributed by atoms with E-state index in [0.29, 0.717) is 30.3 Å². The molecule has 0 aliphatic carbocycles. The van der Waals surface area contributed by atoms with E-state index in [0.717, 1.165) is 9.87 Å². The van der Waals surface area contributed by atoms with Gasteiger partial charge < -0.3 is 9.47 Å². The maximum Gasteiger partial charge on any atom is 0.264 e. The number of carbonyl (C=O) groups is 1. The minimum Gasteiger partial charge on any atom is -0.492 e. The Kier molecular flexibility index (Phi) is 9.31. The van der Waals surface area contributed by atoms with Crippen LogP contribution in [0.15, 0.2) is 119 Å². The van der Waals surface area contributed by atoms with Crippen molar-refractivity contribution in [1.29, 1.82) is 0 Å². The van der Waals surface area contributed by atoms with Gasteiger partial charge in [0.2, 0.25) is 0 Å². The van der Waals surface area contributed by atoms with Crippen LogP contribution in [0, 0.1) is 0 Å². The summed E-state index contributed by atoms with van der Waals surface area (Å²) in [5.74, 6) is 0.318. The van der Waals surface area contributed by atoms with Crippen LogP contribution in [0.2, 0.25) is 0 Å². The first-order valence-corrected chi connectivity index (χ1v) is 13.8. The fraction of sp³-hybridized carbons (Fsp3) is 0.133. The third-order valence-electron chi connectivity index (χ3n) is 5.60. The van der Waals surface area contributed by atoms with Gasteiger partial charge in [-0.3, -0.25) is 9.10 Å². The van der Waals surface area contributed by atoms with Crippen molar-refractivity contribution in [2.24, 2.45) is 5.10 Å². The standard InChI is InChI=1S/C30H29N3O5S/c1-2-37-29-20-12-10-18-27(29)33(39(35,36)26-16-7-4-8-17-26)22-30(34)32-31-21-25-15-9-11-19-28(25)38-23-24-13-5-3-6-14-24/h3-21H,2,22-23H2,1H3,(H,32,34)/b31-21-. The summed E-state index contributed by atoms with van der Waals surface area (Å²) in [6.07, 6.45) is 1.46. The number of sulfonamides is 1. The molecule has 0 saturated carbocycles. The van der Waals surface area contributed by atoms with E-state index in [4.69, 9.17) is 9.47 Å². The normalized spacial score (nSPS) is 11.2. The number of carbonyl (C=O) groups excluding carboxylic acids is 1. The number of hydrogen-bond acceptors (Lipinski definition) is 6. The molecular weight excluding hydrogens is 514 g/mol. The van der Waals surface area contributed by atoms with Gasteiger partial charge in [0.25, 0.3) is 15.9 Å². The molecule has 0 bridgehead atoms. The maximum atomic E-state index is 13.6. The average Bonchev–Trinajstić information content (AvgIpc) is 2.97. The van der Waals surface area contributed by atoms with Gasteiger partial charge in [-0.1, -0.05) is 72.8 Å².